The number of para-hydroxylation sites is 3. The molecule has 6 aromatic carbocycles. The zero-order chi connectivity index (χ0) is 34.7. The second-order valence-corrected chi connectivity index (χ2v) is 12.8. The van der Waals surface area contributed by atoms with E-state index in [0.717, 1.165) is 17.1 Å². The number of fused-ring (bicyclic) bond motifs is 6. The first kappa shape index (κ1) is 32.1. The Hall–Kier alpha value is -6.14. The number of anilines is 1. The largest absolute Gasteiger partial charge is 0.366 e. The summed E-state index contributed by atoms with van der Waals surface area (Å²) in [7, 11) is 4.12. The van der Waals surface area contributed by atoms with Gasteiger partial charge in [-0.2, -0.15) is 0 Å². The predicted octanol–water partition coefficient (Wildman–Crippen LogP) is 10.8. The molecule has 0 amide bonds. The zero-order valence-electron chi connectivity index (χ0n) is 28.9. The minimum Gasteiger partial charge on any atom is -0.366 e. The number of allylic oxidation sites excluding steroid dienone is 4. The molecule has 0 spiro atoms. The second kappa shape index (κ2) is 14.0. The maximum absolute atomic E-state index is 3.83. The van der Waals surface area contributed by atoms with Crippen LogP contribution >= 0.6 is 0 Å². The monoisotopic (exact) mass is 663 g/mol. The van der Waals surface area contributed by atoms with E-state index in [1.54, 1.807) is 6.08 Å². The van der Waals surface area contributed by atoms with Gasteiger partial charge in [0.1, 0.15) is 6.17 Å². The standard InChI is InChI=1S/C46H41N5/c1-4-5-6-13-26-45(47-2)49(3)46(33-18-9-7-10-19-33)48-34-27-29-36(30-28-34)51-42-25-17-15-23-38(42)40-31-39-37-22-14-16-24-41(37)50(43(39)32-44(40)51)35-20-11-8-12-21-35/h4-32,45-48H,1H2,2-3H3/b6-5-,26-13?. The first-order valence-corrected chi connectivity index (χ1v) is 17.4. The molecule has 0 radical (unpaired) electrons. The highest BCUT2D eigenvalue weighted by Crippen LogP contribution is 2.39. The Morgan fingerprint density at radius 2 is 1.12 bits per heavy atom. The van der Waals surface area contributed by atoms with Crippen molar-refractivity contribution in [2.45, 2.75) is 12.3 Å². The summed E-state index contributed by atoms with van der Waals surface area (Å²) in [4.78, 5) is 2.30. The molecule has 250 valence electrons. The van der Waals surface area contributed by atoms with Crippen LogP contribution in [0.4, 0.5) is 5.69 Å². The van der Waals surface area contributed by atoms with Gasteiger partial charge in [0, 0.05) is 38.6 Å². The molecule has 2 unspecified atom stereocenters. The molecule has 0 aliphatic carbocycles. The number of benzene rings is 6. The Bertz CT molecular complexity index is 2520. The van der Waals surface area contributed by atoms with Crippen molar-refractivity contribution in [3.05, 3.63) is 188 Å². The van der Waals surface area contributed by atoms with Crippen LogP contribution in [0, 0.1) is 0 Å². The van der Waals surface area contributed by atoms with Gasteiger partial charge in [-0.3, -0.25) is 4.90 Å². The van der Waals surface area contributed by atoms with E-state index in [4.69, 9.17) is 0 Å². The summed E-state index contributed by atoms with van der Waals surface area (Å²) in [5.74, 6) is 0. The number of hydrogen-bond donors (Lipinski definition) is 2. The van der Waals surface area contributed by atoms with Crippen LogP contribution in [0.2, 0.25) is 0 Å². The summed E-state index contributed by atoms with van der Waals surface area (Å²) in [5, 5.41) is 12.3. The van der Waals surface area contributed by atoms with Crippen LogP contribution < -0.4 is 10.6 Å². The molecular weight excluding hydrogens is 623 g/mol. The van der Waals surface area contributed by atoms with Crippen LogP contribution in [-0.2, 0) is 0 Å². The van der Waals surface area contributed by atoms with E-state index in [0.29, 0.717) is 0 Å². The fourth-order valence-electron chi connectivity index (χ4n) is 7.39. The Morgan fingerprint density at radius 3 is 1.71 bits per heavy atom. The number of rotatable bonds is 11. The quantitative estimate of drug-likeness (QED) is 0.107. The predicted molar refractivity (Wildman–Crippen MR) is 217 cm³/mol. The summed E-state index contributed by atoms with van der Waals surface area (Å²) in [6, 6.07) is 52.3. The SMILES string of the molecule is C=C/C=C\C=CC(NC)N(C)C(Nc1ccc(-n2c3ccccc3c3cc4c5ccccc5n(-c5ccccc5)c4cc32)cc1)c1ccccc1. The molecule has 51 heavy (non-hydrogen) atoms. The van der Waals surface area contributed by atoms with Gasteiger partial charge in [-0.05, 0) is 80.3 Å². The first-order valence-electron chi connectivity index (χ1n) is 17.4. The molecule has 0 saturated heterocycles. The van der Waals surface area contributed by atoms with E-state index in [2.05, 4.69) is 196 Å². The van der Waals surface area contributed by atoms with E-state index in [1.165, 1.54) is 49.2 Å². The van der Waals surface area contributed by atoms with Gasteiger partial charge in [-0.1, -0.05) is 122 Å². The third-order valence-electron chi connectivity index (χ3n) is 9.82. The van der Waals surface area contributed by atoms with Gasteiger partial charge in [0.05, 0.1) is 28.2 Å². The third kappa shape index (κ3) is 5.93. The first-order chi connectivity index (χ1) is 25.2. The fourth-order valence-corrected chi connectivity index (χ4v) is 7.39. The molecule has 2 N–H and O–H groups in total. The van der Waals surface area contributed by atoms with Crippen LogP contribution in [0.25, 0.3) is 55.0 Å². The topological polar surface area (TPSA) is 37.2 Å². The Labute approximate surface area is 299 Å². The Morgan fingerprint density at radius 1 is 0.569 bits per heavy atom. The molecule has 0 saturated carbocycles. The lowest BCUT2D eigenvalue weighted by atomic mass is 10.1. The highest BCUT2D eigenvalue weighted by Gasteiger charge is 2.22. The number of likely N-dealkylation sites (N-methyl/N-ethyl adjacent to an activating group) is 2. The average Bonchev–Trinajstić information content (AvgIpc) is 3.69. The van der Waals surface area contributed by atoms with Crippen molar-refractivity contribution < 1.29 is 0 Å². The van der Waals surface area contributed by atoms with Crippen molar-refractivity contribution in [3.8, 4) is 11.4 Å². The molecular formula is C46H41N5. The number of nitrogens with zero attached hydrogens (tertiary/aromatic N) is 3. The summed E-state index contributed by atoms with van der Waals surface area (Å²) in [5.41, 5.74) is 9.26. The molecule has 8 rings (SSSR count). The van der Waals surface area contributed by atoms with E-state index in [-0.39, 0.29) is 12.3 Å². The smallest absolute Gasteiger partial charge is 0.107 e. The molecule has 0 bridgehead atoms. The fraction of sp³-hybridized carbons (Fsp3) is 0.0870. The van der Waals surface area contributed by atoms with Crippen molar-refractivity contribution in [1.29, 1.82) is 0 Å². The lowest BCUT2D eigenvalue weighted by Crippen LogP contribution is -2.44. The van der Waals surface area contributed by atoms with Crippen LogP contribution in [-0.4, -0.2) is 34.3 Å². The summed E-state index contributed by atoms with van der Waals surface area (Å²) >= 11 is 0. The van der Waals surface area contributed by atoms with Crippen LogP contribution in [0.5, 0.6) is 0 Å². The normalized spacial score (nSPS) is 13.3. The average molecular weight is 664 g/mol. The van der Waals surface area contributed by atoms with Gasteiger partial charge in [0.15, 0.2) is 0 Å². The summed E-state index contributed by atoms with van der Waals surface area (Å²) < 4.78 is 4.79. The Balaban J connectivity index is 1.22. The van der Waals surface area contributed by atoms with Crippen molar-refractivity contribution >= 4 is 49.3 Å². The van der Waals surface area contributed by atoms with Crippen LogP contribution in [0.15, 0.2) is 183 Å². The molecule has 2 aromatic heterocycles. The summed E-state index contributed by atoms with van der Waals surface area (Å²) in [6.45, 7) is 3.78. The highest BCUT2D eigenvalue weighted by molar-refractivity contribution is 6.19. The molecule has 0 aliphatic heterocycles. The second-order valence-electron chi connectivity index (χ2n) is 12.8. The number of nitrogens with one attached hydrogen (secondary N) is 2. The van der Waals surface area contributed by atoms with Gasteiger partial charge in [0.25, 0.3) is 0 Å². The molecule has 2 heterocycles. The van der Waals surface area contributed by atoms with Crippen molar-refractivity contribution in [2.75, 3.05) is 19.4 Å². The zero-order valence-corrected chi connectivity index (χ0v) is 28.9. The maximum Gasteiger partial charge on any atom is 0.107 e. The molecule has 2 atom stereocenters. The number of aromatic nitrogens is 2. The van der Waals surface area contributed by atoms with Crippen molar-refractivity contribution in [3.63, 3.8) is 0 Å². The molecule has 5 heteroatoms. The van der Waals surface area contributed by atoms with E-state index >= 15 is 0 Å². The van der Waals surface area contributed by atoms with Gasteiger partial charge in [0.2, 0.25) is 0 Å². The Kier molecular flexibility index (Phi) is 8.81. The number of hydrogen-bond acceptors (Lipinski definition) is 3. The lowest BCUT2D eigenvalue weighted by molar-refractivity contribution is 0.202. The van der Waals surface area contributed by atoms with E-state index in [9.17, 15) is 0 Å². The van der Waals surface area contributed by atoms with Crippen molar-refractivity contribution in [2.24, 2.45) is 0 Å². The van der Waals surface area contributed by atoms with Crippen molar-refractivity contribution in [1.82, 2.24) is 19.4 Å². The van der Waals surface area contributed by atoms with Crippen LogP contribution in [0.3, 0.4) is 0 Å². The lowest BCUT2D eigenvalue weighted by Gasteiger charge is -2.35. The molecule has 5 nitrogen and oxygen atoms in total. The third-order valence-corrected chi connectivity index (χ3v) is 9.82. The van der Waals surface area contributed by atoms with Gasteiger partial charge < -0.3 is 19.8 Å². The summed E-state index contributed by atoms with van der Waals surface area (Å²) in [6.07, 6.45) is 9.83. The van der Waals surface area contributed by atoms with Gasteiger partial charge in [-0.25, -0.2) is 0 Å². The van der Waals surface area contributed by atoms with E-state index in [1.807, 2.05) is 19.2 Å². The molecule has 0 aliphatic rings. The maximum atomic E-state index is 3.83. The van der Waals surface area contributed by atoms with Crippen LogP contribution in [0.1, 0.15) is 11.7 Å². The van der Waals surface area contributed by atoms with E-state index < -0.39 is 0 Å². The van der Waals surface area contributed by atoms with Gasteiger partial charge in [-0.15, -0.1) is 0 Å². The highest BCUT2D eigenvalue weighted by atomic mass is 15.3. The minimum atomic E-state index is -0.0797. The molecule has 0 fully saturated rings. The van der Waals surface area contributed by atoms with Gasteiger partial charge >= 0.3 is 0 Å². The molecule has 8 aromatic rings. The minimum absolute atomic E-state index is 0.00244.